The predicted molar refractivity (Wildman–Crippen MR) is 120 cm³/mol. The Bertz CT molecular complexity index is 1210. The fourth-order valence-corrected chi connectivity index (χ4v) is 4.15. The normalized spacial score (nSPS) is 13.7. The summed E-state index contributed by atoms with van der Waals surface area (Å²) < 4.78 is 24.0. The van der Waals surface area contributed by atoms with Crippen LogP contribution in [0.5, 0.6) is 5.75 Å². The number of fused-ring (bicyclic) bond motifs is 1. The van der Waals surface area contributed by atoms with E-state index in [0.29, 0.717) is 27.8 Å². The van der Waals surface area contributed by atoms with Gasteiger partial charge in [0.25, 0.3) is 5.91 Å². The van der Waals surface area contributed by atoms with Crippen LogP contribution in [-0.4, -0.2) is 35.4 Å². The van der Waals surface area contributed by atoms with E-state index >= 15 is 0 Å². The van der Waals surface area contributed by atoms with Crippen LogP contribution in [0, 0.1) is 12.7 Å². The topological polar surface area (TPSA) is 97.8 Å². The first-order valence-electron chi connectivity index (χ1n) is 10.1. The Hall–Kier alpha value is -3.79. The number of esters is 1. The van der Waals surface area contributed by atoms with Crippen molar-refractivity contribution in [1.82, 2.24) is 4.98 Å². The van der Waals surface area contributed by atoms with E-state index in [2.05, 4.69) is 10.3 Å². The molecule has 1 aliphatic rings. The molecular formula is C23H20FN3O5S. The number of thiazole rings is 1. The SMILES string of the molecule is Cc1nc(COc2ccc(F)cc2)sc1C(=O)OC(C)C(=O)N1CC(=O)Nc2ccccc21. The fourth-order valence-electron chi connectivity index (χ4n) is 3.29. The number of aromatic nitrogens is 1. The monoisotopic (exact) mass is 469 g/mol. The number of hydrogen-bond acceptors (Lipinski definition) is 7. The lowest BCUT2D eigenvalue weighted by Crippen LogP contribution is -2.47. The summed E-state index contributed by atoms with van der Waals surface area (Å²) >= 11 is 1.09. The van der Waals surface area contributed by atoms with Crippen LogP contribution < -0.4 is 15.0 Å². The highest BCUT2D eigenvalue weighted by atomic mass is 32.1. The number of aryl methyl sites for hydroxylation is 1. The summed E-state index contributed by atoms with van der Waals surface area (Å²) in [6.07, 6.45) is -1.11. The van der Waals surface area contributed by atoms with Gasteiger partial charge in [0.2, 0.25) is 5.91 Å². The standard InChI is InChI=1S/C23H20FN3O5S/c1-13-21(33-20(25-13)12-31-16-9-7-15(24)8-10-16)23(30)32-14(2)22(29)27-11-19(28)26-17-5-3-4-6-18(17)27/h3-10,14H,11-12H2,1-2H3,(H,26,28). The first kappa shape index (κ1) is 22.4. The van der Waals surface area contributed by atoms with E-state index in [1.807, 2.05) is 0 Å². The molecule has 2 heterocycles. The largest absolute Gasteiger partial charge is 0.486 e. The zero-order valence-corrected chi connectivity index (χ0v) is 18.6. The zero-order chi connectivity index (χ0) is 23.5. The van der Waals surface area contributed by atoms with E-state index in [1.165, 1.54) is 36.1 Å². The molecule has 1 atom stereocenters. The van der Waals surface area contributed by atoms with E-state index in [-0.39, 0.29) is 29.8 Å². The molecule has 4 rings (SSSR count). The molecule has 1 aliphatic heterocycles. The lowest BCUT2D eigenvalue weighted by molar-refractivity contribution is -0.128. The second-order valence-electron chi connectivity index (χ2n) is 7.30. The predicted octanol–water partition coefficient (Wildman–Crippen LogP) is 3.70. The van der Waals surface area contributed by atoms with Gasteiger partial charge in [0.15, 0.2) is 6.10 Å². The van der Waals surface area contributed by atoms with Gasteiger partial charge in [0.05, 0.1) is 17.1 Å². The second kappa shape index (κ2) is 9.37. The molecule has 3 aromatic rings. The summed E-state index contributed by atoms with van der Waals surface area (Å²) in [5.41, 5.74) is 1.51. The van der Waals surface area contributed by atoms with Crippen molar-refractivity contribution < 1.29 is 28.2 Å². The molecule has 1 N–H and O–H groups in total. The van der Waals surface area contributed by atoms with Crippen molar-refractivity contribution in [3.63, 3.8) is 0 Å². The summed E-state index contributed by atoms with van der Waals surface area (Å²) in [5.74, 6) is -1.42. The smallest absolute Gasteiger partial charge is 0.351 e. The number of carbonyl (C=O) groups is 3. The molecule has 2 aromatic carbocycles. The third-order valence-corrected chi connectivity index (χ3v) is 5.98. The van der Waals surface area contributed by atoms with Gasteiger partial charge in [-0.15, -0.1) is 11.3 Å². The Balaban J connectivity index is 1.41. The molecule has 1 unspecified atom stereocenters. The molecule has 0 spiro atoms. The molecule has 2 amide bonds. The molecule has 10 heteroatoms. The molecule has 170 valence electrons. The minimum atomic E-state index is -1.11. The van der Waals surface area contributed by atoms with Crippen LogP contribution >= 0.6 is 11.3 Å². The van der Waals surface area contributed by atoms with Gasteiger partial charge in [-0.2, -0.15) is 0 Å². The maximum atomic E-state index is 13.0. The summed E-state index contributed by atoms with van der Waals surface area (Å²) in [5, 5.41) is 3.24. The molecule has 0 bridgehead atoms. The molecular weight excluding hydrogens is 449 g/mol. The van der Waals surface area contributed by atoms with E-state index in [1.54, 1.807) is 31.2 Å². The number of para-hydroxylation sites is 2. The van der Waals surface area contributed by atoms with Crippen molar-refractivity contribution in [1.29, 1.82) is 0 Å². The summed E-state index contributed by atoms with van der Waals surface area (Å²) in [6, 6.07) is 12.5. The molecule has 0 saturated carbocycles. The summed E-state index contributed by atoms with van der Waals surface area (Å²) in [7, 11) is 0. The van der Waals surface area contributed by atoms with Gasteiger partial charge in [-0.1, -0.05) is 12.1 Å². The Morgan fingerprint density at radius 1 is 1.21 bits per heavy atom. The number of benzene rings is 2. The molecule has 0 saturated heterocycles. The van der Waals surface area contributed by atoms with Crippen LogP contribution in [0.2, 0.25) is 0 Å². The zero-order valence-electron chi connectivity index (χ0n) is 17.8. The molecule has 0 fully saturated rings. The molecule has 0 aliphatic carbocycles. The number of carbonyl (C=O) groups excluding carboxylic acids is 3. The molecule has 33 heavy (non-hydrogen) atoms. The van der Waals surface area contributed by atoms with E-state index in [0.717, 1.165) is 11.3 Å². The first-order valence-corrected chi connectivity index (χ1v) is 10.9. The number of anilines is 2. The highest BCUT2D eigenvalue weighted by molar-refractivity contribution is 7.13. The van der Waals surface area contributed by atoms with Gasteiger partial charge in [-0.25, -0.2) is 14.2 Å². The third kappa shape index (κ3) is 5.01. The molecule has 8 nitrogen and oxygen atoms in total. The number of ether oxygens (including phenoxy) is 2. The fraction of sp³-hybridized carbons (Fsp3) is 0.217. The maximum absolute atomic E-state index is 13.0. The van der Waals surface area contributed by atoms with Crippen molar-refractivity contribution in [3.8, 4) is 5.75 Å². The summed E-state index contributed by atoms with van der Waals surface area (Å²) in [4.78, 5) is 43.5. The number of hydrogen-bond donors (Lipinski definition) is 1. The quantitative estimate of drug-likeness (QED) is 0.553. The Kier molecular flexibility index (Phi) is 6.36. The summed E-state index contributed by atoms with van der Waals surface area (Å²) in [6.45, 7) is 3.05. The van der Waals surface area contributed by atoms with Crippen molar-refractivity contribution in [2.45, 2.75) is 26.6 Å². The Morgan fingerprint density at radius 2 is 1.94 bits per heavy atom. The van der Waals surface area contributed by atoms with Crippen LogP contribution in [0.3, 0.4) is 0 Å². The van der Waals surface area contributed by atoms with Crippen LogP contribution in [0.25, 0.3) is 0 Å². The van der Waals surface area contributed by atoms with Gasteiger partial charge in [-0.3, -0.25) is 14.5 Å². The van der Waals surface area contributed by atoms with Gasteiger partial charge in [-0.05, 0) is 50.2 Å². The maximum Gasteiger partial charge on any atom is 0.351 e. The van der Waals surface area contributed by atoms with E-state index < -0.39 is 18.0 Å². The van der Waals surface area contributed by atoms with Crippen LogP contribution in [0.15, 0.2) is 48.5 Å². The highest BCUT2D eigenvalue weighted by Crippen LogP contribution is 2.30. The number of nitrogens with zero attached hydrogens (tertiary/aromatic N) is 2. The second-order valence-corrected chi connectivity index (χ2v) is 8.39. The van der Waals surface area contributed by atoms with E-state index in [9.17, 15) is 18.8 Å². The molecule has 0 radical (unpaired) electrons. The average molecular weight is 469 g/mol. The molecule has 1 aromatic heterocycles. The number of rotatable bonds is 6. The van der Waals surface area contributed by atoms with Gasteiger partial charge >= 0.3 is 5.97 Å². The first-order chi connectivity index (χ1) is 15.8. The van der Waals surface area contributed by atoms with Crippen molar-refractivity contribution in [2.75, 3.05) is 16.8 Å². The van der Waals surface area contributed by atoms with Gasteiger partial charge in [0, 0.05) is 0 Å². The average Bonchev–Trinajstić information content (AvgIpc) is 3.18. The van der Waals surface area contributed by atoms with Crippen molar-refractivity contribution >= 4 is 40.5 Å². The van der Waals surface area contributed by atoms with Crippen molar-refractivity contribution in [3.05, 3.63) is 69.9 Å². The third-order valence-electron chi connectivity index (χ3n) is 4.87. The Labute approximate surface area is 193 Å². The number of halogens is 1. The van der Waals surface area contributed by atoms with Crippen LogP contribution in [0.1, 0.15) is 27.3 Å². The minimum absolute atomic E-state index is 0.0958. The lowest BCUT2D eigenvalue weighted by Gasteiger charge is -2.30. The van der Waals surface area contributed by atoms with Crippen molar-refractivity contribution in [2.24, 2.45) is 0 Å². The lowest BCUT2D eigenvalue weighted by atomic mass is 10.1. The van der Waals surface area contributed by atoms with Crippen LogP contribution in [0.4, 0.5) is 15.8 Å². The van der Waals surface area contributed by atoms with Gasteiger partial charge < -0.3 is 14.8 Å². The van der Waals surface area contributed by atoms with E-state index in [4.69, 9.17) is 9.47 Å². The minimum Gasteiger partial charge on any atom is -0.486 e. The number of amides is 2. The van der Waals surface area contributed by atoms with Gasteiger partial charge in [0.1, 0.15) is 34.6 Å². The highest BCUT2D eigenvalue weighted by Gasteiger charge is 2.32. The van der Waals surface area contributed by atoms with Crippen LogP contribution in [-0.2, 0) is 20.9 Å². The number of nitrogens with one attached hydrogen (secondary N) is 1. The Morgan fingerprint density at radius 3 is 2.70 bits per heavy atom.